The predicted octanol–water partition coefficient (Wildman–Crippen LogP) is -4.19. The zero-order chi connectivity index (χ0) is 3.58. The molecule has 0 saturated heterocycles. The molecule has 0 bridgehead atoms. The molecule has 0 aromatic carbocycles. The summed E-state index contributed by atoms with van der Waals surface area (Å²) in [5, 5.41) is 15.1. The number of hydrogen-bond donors (Lipinski definition) is 1. The summed E-state index contributed by atoms with van der Waals surface area (Å²) in [5.74, 6) is -0.583. The SMILES string of the molecule is CC(=N)[O-].[IH2+]. The monoisotopic (exact) mass is 187 g/mol. The Kier molecular flexibility index (Phi) is 7.52. The minimum atomic E-state index is -0.583. The Morgan fingerprint density at radius 3 is 1.80 bits per heavy atom. The topological polar surface area (TPSA) is 46.9 Å². The molecule has 5 heavy (non-hydrogen) atoms. The van der Waals surface area contributed by atoms with E-state index in [2.05, 4.69) is 0 Å². The quantitative estimate of drug-likeness (QED) is 0.233. The van der Waals surface area contributed by atoms with Crippen LogP contribution in [0.1, 0.15) is 6.92 Å². The van der Waals surface area contributed by atoms with Crippen molar-refractivity contribution in [2.24, 2.45) is 0 Å². The van der Waals surface area contributed by atoms with Crippen LogP contribution in [0.4, 0.5) is 0 Å². The molecule has 0 atom stereocenters. The van der Waals surface area contributed by atoms with Crippen molar-refractivity contribution in [1.29, 1.82) is 5.41 Å². The predicted molar refractivity (Wildman–Crippen MR) is 16.2 cm³/mol. The van der Waals surface area contributed by atoms with Gasteiger partial charge in [-0.25, -0.2) is 0 Å². The standard InChI is InChI=1S/C2H5NO.H2I/c1-2(3)4;/h1H3,(H2,3,4);1H2/q;+1/p-1. The third-order valence-corrected chi connectivity index (χ3v) is 0. The van der Waals surface area contributed by atoms with Crippen LogP contribution >= 0.6 is 0 Å². The average Bonchev–Trinajstić information content (AvgIpc) is 0.811. The van der Waals surface area contributed by atoms with Gasteiger partial charge in [-0.05, 0) is 12.8 Å². The van der Waals surface area contributed by atoms with Crippen molar-refractivity contribution < 1.29 is 29.1 Å². The molecule has 0 aliphatic carbocycles. The first-order chi connectivity index (χ1) is 1.73. The smallest absolute Gasteiger partial charge is 0.235 e. The van der Waals surface area contributed by atoms with Gasteiger partial charge in [-0.1, -0.05) is 0 Å². The van der Waals surface area contributed by atoms with Gasteiger partial charge in [-0.3, -0.25) is 0 Å². The number of hydrogen-bond acceptors (Lipinski definition) is 2. The Morgan fingerprint density at radius 2 is 1.80 bits per heavy atom. The third-order valence-electron chi connectivity index (χ3n) is 0. The van der Waals surface area contributed by atoms with Crippen molar-refractivity contribution in [3.8, 4) is 0 Å². The highest BCUT2D eigenvalue weighted by atomic mass is 127. The van der Waals surface area contributed by atoms with Crippen LogP contribution in [0, 0.1) is 5.41 Å². The van der Waals surface area contributed by atoms with E-state index in [0.717, 1.165) is 0 Å². The highest BCUT2D eigenvalue weighted by Crippen LogP contribution is 1.35. The van der Waals surface area contributed by atoms with Gasteiger partial charge < -0.3 is 10.5 Å². The molecule has 1 N–H and O–H groups in total. The molecule has 0 heterocycles. The molecule has 0 aromatic rings. The van der Waals surface area contributed by atoms with Gasteiger partial charge >= 0.3 is 0 Å². The summed E-state index contributed by atoms with van der Waals surface area (Å²) < 4.78 is 0. The van der Waals surface area contributed by atoms with Crippen LogP contribution in [-0.2, 0) is 0 Å². The number of nitrogens with one attached hydrogen (secondary N) is 1. The summed E-state index contributed by atoms with van der Waals surface area (Å²) in [6, 6.07) is 0. The van der Waals surface area contributed by atoms with Crippen molar-refractivity contribution in [3.63, 3.8) is 0 Å². The summed E-state index contributed by atoms with van der Waals surface area (Å²) in [6.07, 6.45) is 0. The Balaban J connectivity index is 0. The average molecular weight is 187 g/mol. The molecular weight excluding hydrogens is 181 g/mol. The molecule has 0 rings (SSSR count). The zero-order valence-electron chi connectivity index (χ0n) is 2.86. The lowest BCUT2D eigenvalue weighted by Gasteiger charge is -1.89. The Morgan fingerprint density at radius 1 is 1.80 bits per heavy atom. The van der Waals surface area contributed by atoms with Gasteiger partial charge in [-0.2, -0.15) is 0 Å². The Hall–Kier alpha value is 0.200. The molecule has 0 unspecified atom stereocenters. The van der Waals surface area contributed by atoms with Gasteiger partial charge in [0.25, 0.3) is 0 Å². The second kappa shape index (κ2) is 4.20. The van der Waals surface area contributed by atoms with E-state index in [4.69, 9.17) is 10.5 Å². The first kappa shape index (κ1) is 8.96. The van der Waals surface area contributed by atoms with Crippen LogP contribution in [0.2, 0.25) is 0 Å². The minimum absolute atomic E-state index is 0. The molecule has 0 aliphatic rings. The third kappa shape index (κ3) is 508. The molecule has 3 heteroatoms. The summed E-state index contributed by atoms with van der Waals surface area (Å²) in [4.78, 5) is 0. The summed E-state index contributed by atoms with van der Waals surface area (Å²) in [5.41, 5.74) is 0. The first-order valence-electron chi connectivity index (χ1n) is 0.954. The van der Waals surface area contributed by atoms with Gasteiger partial charge in [0.15, 0.2) is 0 Å². The van der Waals surface area contributed by atoms with Gasteiger partial charge in [0.2, 0.25) is 24.0 Å². The summed E-state index contributed by atoms with van der Waals surface area (Å²) >= 11 is 0. The summed E-state index contributed by atoms with van der Waals surface area (Å²) in [7, 11) is 0. The molecular formula is C2H6INO. The molecule has 0 spiro atoms. The van der Waals surface area contributed by atoms with Gasteiger partial charge in [0.1, 0.15) is 0 Å². The fourth-order valence-electron chi connectivity index (χ4n) is 0. The molecule has 2 nitrogen and oxygen atoms in total. The second-order valence-electron chi connectivity index (χ2n) is 0.556. The van der Waals surface area contributed by atoms with Crippen molar-refractivity contribution in [2.45, 2.75) is 6.92 Å². The Bertz CT molecular complexity index is 32.6. The fraction of sp³-hybridized carbons (Fsp3) is 0.500. The lowest BCUT2D eigenvalue weighted by atomic mass is 10.8. The van der Waals surface area contributed by atoms with Crippen LogP contribution in [0.25, 0.3) is 0 Å². The van der Waals surface area contributed by atoms with E-state index in [-0.39, 0.29) is 24.0 Å². The van der Waals surface area contributed by atoms with E-state index >= 15 is 0 Å². The lowest BCUT2D eigenvalue weighted by Crippen LogP contribution is -3.00. The van der Waals surface area contributed by atoms with E-state index in [1.165, 1.54) is 6.92 Å². The van der Waals surface area contributed by atoms with Crippen LogP contribution in [0.15, 0.2) is 0 Å². The first-order valence-corrected chi connectivity index (χ1v) is 0.954. The van der Waals surface area contributed by atoms with Crippen LogP contribution in [-0.4, -0.2) is 5.90 Å². The second-order valence-corrected chi connectivity index (χ2v) is 0.556. The minimum Gasteiger partial charge on any atom is -0.862 e. The normalized spacial score (nSPS) is 5.00. The van der Waals surface area contributed by atoms with E-state index in [9.17, 15) is 0 Å². The highest BCUT2D eigenvalue weighted by Gasteiger charge is 1.39. The van der Waals surface area contributed by atoms with E-state index in [1.807, 2.05) is 0 Å². The maximum Gasteiger partial charge on any atom is 0.235 e. The van der Waals surface area contributed by atoms with Crippen molar-refractivity contribution >= 4 is 5.90 Å². The van der Waals surface area contributed by atoms with Gasteiger partial charge in [-0.15, -0.1) is 0 Å². The molecule has 0 radical (unpaired) electrons. The molecule has 0 amide bonds. The van der Waals surface area contributed by atoms with E-state index in [0.29, 0.717) is 0 Å². The van der Waals surface area contributed by atoms with Crippen molar-refractivity contribution in [2.75, 3.05) is 0 Å². The number of halogens is 1. The fourth-order valence-corrected chi connectivity index (χ4v) is 0. The Labute approximate surface area is 47.7 Å². The van der Waals surface area contributed by atoms with E-state index in [1.54, 1.807) is 0 Å². The van der Waals surface area contributed by atoms with Crippen molar-refractivity contribution in [3.05, 3.63) is 0 Å². The van der Waals surface area contributed by atoms with Gasteiger partial charge in [0.05, 0.1) is 0 Å². The molecule has 0 aliphatic heterocycles. The molecule has 0 fully saturated rings. The van der Waals surface area contributed by atoms with Crippen LogP contribution in [0.3, 0.4) is 0 Å². The maximum absolute atomic E-state index is 9.11. The summed E-state index contributed by atoms with van der Waals surface area (Å²) in [6.45, 7) is 1.19. The van der Waals surface area contributed by atoms with Crippen LogP contribution in [0.5, 0.6) is 0 Å². The largest absolute Gasteiger partial charge is 0.862 e. The highest BCUT2D eigenvalue weighted by molar-refractivity contribution is 5.63. The van der Waals surface area contributed by atoms with Gasteiger partial charge in [0, 0.05) is 0 Å². The van der Waals surface area contributed by atoms with E-state index < -0.39 is 5.90 Å². The van der Waals surface area contributed by atoms with Crippen molar-refractivity contribution in [1.82, 2.24) is 0 Å². The van der Waals surface area contributed by atoms with Crippen LogP contribution < -0.4 is 29.1 Å². The molecule has 0 saturated carbocycles. The molecule has 32 valence electrons. The number of rotatable bonds is 0. The molecule has 0 aromatic heterocycles. The lowest BCUT2D eigenvalue weighted by molar-refractivity contribution is -0.217. The maximum atomic E-state index is 9.11. The zero-order valence-corrected chi connectivity index (χ0v) is 5.41.